The van der Waals surface area contributed by atoms with Crippen molar-refractivity contribution in [3.05, 3.63) is 29.6 Å². The van der Waals surface area contributed by atoms with Crippen molar-refractivity contribution < 1.29 is 17.9 Å². The first kappa shape index (κ1) is 14.2. The Balaban J connectivity index is 2.11. The van der Waals surface area contributed by atoms with Crippen molar-refractivity contribution in [1.29, 1.82) is 0 Å². The maximum Gasteiger partial charge on any atom is 0.196 e. The van der Waals surface area contributed by atoms with Crippen LogP contribution in [0, 0.1) is 17.5 Å². The normalized spacial score (nSPS) is 27.3. The number of rotatable bonds is 3. The van der Waals surface area contributed by atoms with E-state index in [0.29, 0.717) is 19.4 Å². The molecule has 1 fully saturated rings. The van der Waals surface area contributed by atoms with Crippen LogP contribution in [-0.2, 0) is 4.74 Å². The van der Waals surface area contributed by atoms with Gasteiger partial charge in [-0.15, -0.1) is 0 Å². The van der Waals surface area contributed by atoms with E-state index >= 15 is 0 Å². The predicted molar refractivity (Wildman–Crippen MR) is 67.6 cm³/mol. The molecule has 1 aliphatic rings. The summed E-state index contributed by atoms with van der Waals surface area (Å²) in [4.78, 5) is 0. The highest BCUT2D eigenvalue weighted by molar-refractivity contribution is 5.46. The summed E-state index contributed by atoms with van der Waals surface area (Å²) in [5.41, 5.74) is -0.241. The largest absolute Gasteiger partial charge is 0.380 e. The van der Waals surface area contributed by atoms with Crippen LogP contribution in [0.2, 0.25) is 0 Å². The third-order valence-electron chi connectivity index (χ3n) is 3.74. The number of nitrogens with one attached hydrogen (secondary N) is 1. The molecule has 0 radical (unpaired) electrons. The Morgan fingerprint density at radius 1 is 1.32 bits per heavy atom. The average Bonchev–Trinajstić information content (AvgIpc) is 2.40. The lowest BCUT2D eigenvalue weighted by molar-refractivity contribution is -0.0709. The quantitative estimate of drug-likeness (QED) is 0.844. The molecule has 2 nitrogen and oxygen atoms in total. The molecule has 0 amide bonds. The number of hydrogen-bond acceptors (Lipinski definition) is 2. The van der Waals surface area contributed by atoms with Crippen LogP contribution in [0.1, 0.15) is 33.1 Å². The molecule has 0 aliphatic carbocycles. The fourth-order valence-corrected chi connectivity index (χ4v) is 2.36. The Bertz CT molecular complexity index is 466. The van der Waals surface area contributed by atoms with Crippen LogP contribution >= 0.6 is 0 Å². The maximum absolute atomic E-state index is 13.6. The third-order valence-corrected chi connectivity index (χ3v) is 3.74. The Kier molecular flexibility index (Phi) is 4.04. The van der Waals surface area contributed by atoms with E-state index in [-0.39, 0.29) is 17.3 Å². The molecule has 1 heterocycles. The van der Waals surface area contributed by atoms with Gasteiger partial charge in [0.15, 0.2) is 17.5 Å². The first-order valence-corrected chi connectivity index (χ1v) is 6.49. The van der Waals surface area contributed by atoms with Gasteiger partial charge in [0.1, 0.15) is 0 Å². The minimum Gasteiger partial charge on any atom is -0.380 e. The summed E-state index contributed by atoms with van der Waals surface area (Å²) in [7, 11) is 0. The number of hydrogen-bond donors (Lipinski definition) is 1. The highest BCUT2D eigenvalue weighted by atomic mass is 19.2. The standard InChI is InChI=1S/C14H18F3NO/c1-3-14(2)8-9(6-7-19-14)18-11-5-4-10(15)12(16)13(11)17/h4-5,9,18H,3,6-8H2,1-2H3. The molecule has 5 heteroatoms. The molecule has 1 aromatic carbocycles. The van der Waals surface area contributed by atoms with Gasteiger partial charge < -0.3 is 10.1 Å². The van der Waals surface area contributed by atoms with E-state index in [2.05, 4.69) is 5.32 Å². The van der Waals surface area contributed by atoms with Gasteiger partial charge in [-0.25, -0.2) is 13.2 Å². The van der Waals surface area contributed by atoms with Gasteiger partial charge in [0.25, 0.3) is 0 Å². The van der Waals surface area contributed by atoms with Crippen molar-refractivity contribution in [3.8, 4) is 0 Å². The zero-order chi connectivity index (χ0) is 14.0. The molecule has 0 bridgehead atoms. The molecule has 19 heavy (non-hydrogen) atoms. The number of ether oxygens (including phenoxy) is 1. The van der Waals surface area contributed by atoms with Gasteiger partial charge in [0.05, 0.1) is 11.3 Å². The van der Waals surface area contributed by atoms with Crippen molar-refractivity contribution in [2.24, 2.45) is 0 Å². The molecule has 0 saturated carbocycles. The smallest absolute Gasteiger partial charge is 0.196 e. The van der Waals surface area contributed by atoms with E-state index in [4.69, 9.17) is 4.74 Å². The fraction of sp³-hybridized carbons (Fsp3) is 0.571. The minimum absolute atomic E-state index is 0.00180. The summed E-state index contributed by atoms with van der Waals surface area (Å²) in [6.45, 7) is 4.61. The van der Waals surface area contributed by atoms with E-state index in [1.807, 2.05) is 13.8 Å². The van der Waals surface area contributed by atoms with E-state index < -0.39 is 17.5 Å². The lowest BCUT2D eigenvalue weighted by Gasteiger charge is -2.38. The summed E-state index contributed by atoms with van der Waals surface area (Å²) in [6.07, 6.45) is 2.28. The van der Waals surface area contributed by atoms with Crippen LogP contribution in [0.15, 0.2) is 12.1 Å². The monoisotopic (exact) mass is 273 g/mol. The predicted octanol–water partition coefficient (Wildman–Crippen LogP) is 3.86. The fourth-order valence-electron chi connectivity index (χ4n) is 2.36. The van der Waals surface area contributed by atoms with Gasteiger partial charge in [0, 0.05) is 12.6 Å². The van der Waals surface area contributed by atoms with Crippen molar-refractivity contribution in [2.75, 3.05) is 11.9 Å². The van der Waals surface area contributed by atoms with Crippen LogP contribution in [-0.4, -0.2) is 18.2 Å². The molecular weight excluding hydrogens is 255 g/mol. The maximum atomic E-state index is 13.6. The SMILES string of the molecule is CCC1(C)CC(Nc2ccc(F)c(F)c2F)CCO1. The molecule has 2 unspecified atom stereocenters. The summed E-state index contributed by atoms with van der Waals surface area (Å²) >= 11 is 0. The van der Waals surface area contributed by atoms with Crippen LogP contribution in [0.3, 0.4) is 0 Å². The molecule has 1 aliphatic heterocycles. The lowest BCUT2D eigenvalue weighted by atomic mass is 9.90. The molecule has 106 valence electrons. The number of benzene rings is 1. The van der Waals surface area contributed by atoms with Crippen molar-refractivity contribution >= 4 is 5.69 Å². The minimum atomic E-state index is -1.43. The van der Waals surface area contributed by atoms with E-state index in [0.717, 1.165) is 12.5 Å². The van der Waals surface area contributed by atoms with Crippen LogP contribution in [0.25, 0.3) is 0 Å². The van der Waals surface area contributed by atoms with Gasteiger partial charge in [-0.2, -0.15) is 0 Å². The molecule has 2 atom stereocenters. The van der Waals surface area contributed by atoms with Gasteiger partial charge in [-0.1, -0.05) is 6.92 Å². The van der Waals surface area contributed by atoms with Crippen LogP contribution < -0.4 is 5.32 Å². The second kappa shape index (κ2) is 5.41. The Morgan fingerprint density at radius 3 is 2.74 bits per heavy atom. The van der Waals surface area contributed by atoms with Crippen LogP contribution in [0.5, 0.6) is 0 Å². The third kappa shape index (κ3) is 3.03. The van der Waals surface area contributed by atoms with Crippen molar-refractivity contribution in [2.45, 2.75) is 44.8 Å². The van der Waals surface area contributed by atoms with E-state index in [9.17, 15) is 13.2 Å². The number of halogens is 3. The Hall–Kier alpha value is -1.23. The summed E-state index contributed by atoms with van der Waals surface area (Å²) < 4.78 is 45.3. The van der Waals surface area contributed by atoms with Gasteiger partial charge in [-0.05, 0) is 38.3 Å². The molecule has 0 spiro atoms. The molecule has 1 N–H and O–H groups in total. The Labute approximate surface area is 111 Å². The topological polar surface area (TPSA) is 21.3 Å². The zero-order valence-electron chi connectivity index (χ0n) is 11.1. The van der Waals surface area contributed by atoms with Crippen molar-refractivity contribution in [1.82, 2.24) is 0 Å². The van der Waals surface area contributed by atoms with E-state index in [1.165, 1.54) is 6.07 Å². The van der Waals surface area contributed by atoms with Gasteiger partial charge in [0.2, 0.25) is 0 Å². The first-order chi connectivity index (χ1) is 8.95. The zero-order valence-corrected chi connectivity index (χ0v) is 11.1. The van der Waals surface area contributed by atoms with Gasteiger partial charge in [-0.3, -0.25) is 0 Å². The highest BCUT2D eigenvalue weighted by Gasteiger charge is 2.32. The average molecular weight is 273 g/mol. The summed E-state index contributed by atoms with van der Waals surface area (Å²) in [5, 5.41) is 2.95. The Morgan fingerprint density at radius 2 is 2.05 bits per heavy atom. The number of anilines is 1. The summed E-state index contributed by atoms with van der Waals surface area (Å²) in [6, 6.07) is 2.16. The van der Waals surface area contributed by atoms with Crippen molar-refractivity contribution in [3.63, 3.8) is 0 Å². The van der Waals surface area contributed by atoms with E-state index in [1.54, 1.807) is 0 Å². The molecular formula is C14H18F3NO. The second-order valence-corrected chi connectivity index (χ2v) is 5.21. The molecule has 1 saturated heterocycles. The van der Waals surface area contributed by atoms with Crippen LogP contribution in [0.4, 0.5) is 18.9 Å². The summed E-state index contributed by atoms with van der Waals surface area (Å²) in [5.74, 6) is -3.77. The van der Waals surface area contributed by atoms with Gasteiger partial charge >= 0.3 is 0 Å². The molecule has 0 aromatic heterocycles. The molecule has 1 aromatic rings. The lowest BCUT2D eigenvalue weighted by Crippen LogP contribution is -2.42. The molecule has 2 rings (SSSR count). The highest BCUT2D eigenvalue weighted by Crippen LogP contribution is 2.30. The first-order valence-electron chi connectivity index (χ1n) is 6.49. The second-order valence-electron chi connectivity index (χ2n) is 5.21.